The SMILES string of the molecule is CCCNc1ncnc(Oc2cc(F)ccc2Br)c1Br. The summed E-state index contributed by atoms with van der Waals surface area (Å²) in [4.78, 5) is 8.17. The summed E-state index contributed by atoms with van der Waals surface area (Å²) in [5.74, 6) is 0.942. The maximum atomic E-state index is 13.2. The van der Waals surface area contributed by atoms with Gasteiger partial charge in [-0.2, -0.15) is 0 Å². The molecule has 20 heavy (non-hydrogen) atoms. The van der Waals surface area contributed by atoms with Gasteiger partial charge in [-0.15, -0.1) is 0 Å². The minimum Gasteiger partial charge on any atom is -0.436 e. The van der Waals surface area contributed by atoms with Crippen molar-refractivity contribution >= 4 is 37.7 Å². The predicted octanol–water partition coefficient (Wildman–Crippen LogP) is 4.75. The first-order valence-electron chi connectivity index (χ1n) is 5.99. The van der Waals surface area contributed by atoms with Crippen LogP contribution in [0.4, 0.5) is 10.2 Å². The lowest BCUT2D eigenvalue weighted by atomic mass is 10.3. The number of aromatic nitrogens is 2. The number of nitrogens with one attached hydrogen (secondary N) is 1. The third kappa shape index (κ3) is 3.67. The molecule has 0 spiro atoms. The van der Waals surface area contributed by atoms with Crippen LogP contribution in [-0.2, 0) is 0 Å². The van der Waals surface area contributed by atoms with Gasteiger partial charge in [-0.05, 0) is 50.4 Å². The van der Waals surface area contributed by atoms with E-state index in [9.17, 15) is 4.39 Å². The molecular formula is C13H12Br2FN3O. The number of benzene rings is 1. The fourth-order valence-electron chi connectivity index (χ4n) is 1.45. The Morgan fingerprint density at radius 2 is 2.10 bits per heavy atom. The van der Waals surface area contributed by atoms with Gasteiger partial charge >= 0.3 is 0 Å². The lowest BCUT2D eigenvalue weighted by Crippen LogP contribution is -2.04. The normalized spacial score (nSPS) is 10.4. The first-order valence-corrected chi connectivity index (χ1v) is 7.57. The Morgan fingerprint density at radius 3 is 2.85 bits per heavy atom. The second-order valence-electron chi connectivity index (χ2n) is 3.94. The zero-order valence-corrected chi connectivity index (χ0v) is 13.8. The summed E-state index contributed by atoms with van der Waals surface area (Å²) in [6, 6.07) is 4.22. The van der Waals surface area contributed by atoms with Crippen LogP contribution in [0.1, 0.15) is 13.3 Å². The van der Waals surface area contributed by atoms with Crippen molar-refractivity contribution in [1.82, 2.24) is 9.97 Å². The van der Waals surface area contributed by atoms with Gasteiger partial charge in [0.15, 0.2) is 0 Å². The molecule has 0 saturated heterocycles. The van der Waals surface area contributed by atoms with Crippen molar-refractivity contribution in [1.29, 1.82) is 0 Å². The molecule has 0 aliphatic rings. The van der Waals surface area contributed by atoms with Gasteiger partial charge in [0.2, 0.25) is 5.88 Å². The molecule has 0 aliphatic heterocycles. The van der Waals surface area contributed by atoms with Crippen LogP contribution in [0.3, 0.4) is 0 Å². The van der Waals surface area contributed by atoms with Gasteiger partial charge in [-0.1, -0.05) is 6.92 Å². The summed E-state index contributed by atoms with van der Waals surface area (Å²) in [5.41, 5.74) is 0. The highest BCUT2D eigenvalue weighted by atomic mass is 79.9. The Balaban J connectivity index is 2.27. The van der Waals surface area contributed by atoms with E-state index < -0.39 is 0 Å². The van der Waals surface area contributed by atoms with Crippen molar-refractivity contribution in [3.63, 3.8) is 0 Å². The first kappa shape index (κ1) is 15.2. The van der Waals surface area contributed by atoms with Gasteiger partial charge in [0.25, 0.3) is 0 Å². The maximum absolute atomic E-state index is 13.2. The standard InChI is InChI=1S/C13H12Br2FN3O/c1-2-5-17-12-11(15)13(19-7-18-12)20-10-6-8(16)3-4-9(10)14/h3-4,6-7H,2,5H2,1H3,(H,17,18,19). The third-order valence-corrected chi connectivity index (χ3v) is 3.77. The molecule has 0 radical (unpaired) electrons. The van der Waals surface area contributed by atoms with Crippen molar-refractivity contribution in [3.05, 3.63) is 39.3 Å². The molecule has 1 aromatic carbocycles. The number of nitrogens with zero attached hydrogens (tertiary/aromatic N) is 2. The molecule has 0 fully saturated rings. The highest BCUT2D eigenvalue weighted by molar-refractivity contribution is 9.11. The molecule has 2 rings (SSSR count). The Morgan fingerprint density at radius 1 is 1.30 bits per heavy atom. The molecular weight excluding hydrogens is 393 g/mol. The molecule has 0 atom stereocenters. The second-order valence-corrected chi connectivity index (χ2v) is 5.59. The number of hydrogen-bond acceptors (Lipinski definition) is 4. The zero-order valence-electron chi connectivity index (χ0n) is 10.7. The van der Waals surface area contributed by atoms with Gasteiger partial charge in [-0.25, -0.2) is 14.4 Å². The van der Waals surface area contributed by atoms with E-state index in [4.69, 9.17) is 4.74 Å². The minimum atomic E-state index is -0.377. The van der Waals surface area contributed by atoms with Crippen LogP contribution >= 0.6 is 31.9 Å². The Kier molecular flexibility index (Phi) is 5.31. The molecule has 106 valence electrons. The van der Waals surface area contributed by atoms with Crippen molar-refractivity contribution < 1.29 is 9.13 Å². The Labute approximate surface area is 133 Å². The number of hydrogen-bond donors (Lipinski definition) is 1. The molecule has 2 aromatic rings. The predicted molar refractivity (Wildman–Crippen MR) is 82.7 cm³/mol. The number of halogens is 3. The molecule has 0 bridgehead atoms. The highest BCUT2D eigenvalue weighted by Gasteiger charge is 2.12. The van der Waals surface area contributed by atoms with Crippen LogP contribution in [0.2, 0.25) is 0 Å². The molecule has 1 aromatic heterocycles. The largest absolute Gasteiger partial charge is 0.436 e. The lowest BCUT2D eigenvalue weighted by Gasteiger charge is -2.11. The summed E-state index contributed by atoms with van der Waals surface area (Å²) in [7, 11) is 0. The van der Waals surface area contributed by atoms with Crippen LogP contribution in [-0.4, -0.2) is 16.5 Å². The minimum absolute atomic E-state index is 0.324. The van der Waals surface area contributed by atoms with Crippen LogP contribution in [0, 0.1) is 5.82 Å². The highest BCUT2D eigenvalue weighted by Crippen LogP contribution is 2.35. The summed E-state index contributed by atoms with van der Waals surface area (Å²) in [6.45, 7) is 2.85. The van der Waals surface area contributed by atoms with Gasteiger partial charge in [0.1, 0.15) is 28.2 Å². The molecule has 4 nitrogen and oxygen atoms in total. The third-order valence-electron chi connectivity index (χ3n) is 2.40. The van der Waals surface area contributed by atoms with Crippen molar-refractivity contribution in [2.45, 2.75) is 13.3 Å². The number of rotatable bonds is 5. The van der Waals surface area contributed by atoms with Crippen molar-refractivity contribution in [3.8, 4) is 11.6 Å². The van der Waals surface area contributed by atoms with Crippen LogP contribution in [0.25, 0.3) is 0 Å². The van der Waals surface area contributed by atoms with E-state index in [1.807, 2.05) is 0 Å². The topological polar surface area (TPSA) is 47.0 Å². The Hall–Kier alpha value is -1.21. The maximum Gasteiger partial charge on any atom is 0.238 e. The lowest BCUT2D eigenvalue weighted by molar-refractivity contribution is 0.451. The van der Waals surface area contributed by atoms with E-state index in [1.165, 1.54) is 18.5 Å². The summed E-state index contributed by atoms with van der Waals surface area (Å²) >= 11 is 6.70. The molecule has 1 N–H and O–H groups in total. The molecule has 0 aliphatic carbocycles. The van der Waals surface area contributed by atoms with Gasteiger partial charge in [0.05, 0.1) is 4.47 Å². The second kappa shape index (κ2) is 6.99. The van der Waals surface area contributed by atoms with E-state index in [-0.39, 0.29) is 5.82 Å². The summed E-state index contributed by atoms with van der Waals surface area (Å²) < 4.78 is 20.1. The first-order chi connectivity index (χ1) is 9.61. The van der Waals surface area contributed by atoms with Crippen LogP contribution in [0.5, 0.6) is 11.6 Å². The molecule has 0 saturated carbocycles. The van der Waals surface area contributed by atoms with Gasteiger partial charge in [0, 0.05) is 12.6 Å². The summed E-state index contributed by atoms with van der Waals surface area (Å²) in [5, 5.41) is 3.15. The molecule has 7 heteroatoms. The van der Waals surface area contributed by atoms with E-state index in [1.54, 1.807) is 6.07 Å². The van der Waals surface area contributed by atoms with E-state index in [2.05, 4.69) is 54.1 Å². The smallest absolute Gasteiger partial charge is 0.238 e. The average Bonchev–Trinajstić information content (AvgIpc) is 2.44. The summed E-state index contributed by atoms with van der Waals surface area (Å²) in [6.07, 6.45) is 2.37. The van der Waals surface area contributed by atoms with E-state index in [0.717, 1.165) is 13.0 Å². The van der Waals surface area contributed by atoms with Crippen molar-refractivity contribution in [2.75, 3.05) is 11.9 Å². The fourth-order valence-corrected chi connectivity index (χ4v) is 2.20. The van der Waals surface area contributed by atoms with Crippen molar-refractivity contribution in [2.24, 2.45) is 0 Å². The van der Waals surface area contributed by atoms with Crippen LogP contribution in [0.15, 0.2) is 33.5 Å². The Bertz CT molecular complexity index is 610. The van der Waals surface area contributed by atoms with Gasteiger partial charge in [-0.3, -0.25) is 0 Å². The van der Waals surface area contributed by atoms with Crippen LogP contribution < -0.4 is 10.1 Å². The average molecular weight is 405 g/mol. The molecule has 0 amide bonds. The fraction of sp³-hybridized carbons (Fsp3) is 0.231. The number of anilines is 1. The van der Waals surface area contributed by atoms with Gasteiger partial charge < -0.3 is 10.1 Å². The molecule has 1 heterocycles. The zero-order chi connectivity index (χ0) is 14.5. The molecule has 0 unspecified atom stereocenters. The van der Waals surface area contributed by atoms with E-state index in [0.29, 0.717) is 26.4 Å². The van der Waals surface area contributed by atoms with E-state index >= 15 is 0 Å². The number of ether oxygens (including phenoxy) is 1. The monoisotopic (exact) mass is 403 g/mol. The quantitative estimate of drug-likeness (QED) is 0.780.